The molecule has 6 nitrogen and oxygen atoms in total. The third-order valence-corrected chi connectivity index (χ3v) is 4.54. The van der Waals surface area contributed by atoms with Gasteiger partial charge in [0.2, 0.25) is 5.91 Å². The van der Waals surface area contributed by atoms with E-state index in [2.05, 4.69) is 10.4 Å². The number of aliphatic carboxylic acids is 1. The number of carbonyl (C=O) groups excluding carboxylic acids is 1. The first-order valence-electron chi connectivity index (χ1n) is 8.36. The molecule has 0 bridgehead atoms. The summed E-state index contributed by atoms with van der Waals surface area (Å²) in [5.74, 6) is -1.77. The summed E-state index contributed by atoms with van der Waals surface area (Å²) in [5.41, 5.74) is 0.290. The monoisotopic (exact) mass is 381 g/mol. The van der Waals surface area contributed by atoms with E-state index < -0.39 is 23.8 Å². The third kappa shape index (κ3) is 3.81. The zero-order valence-electron chi connectivity index (χ0n) is 14.7. The minimum absolute atomic E-state index is 0.161. The van der Waals surface area contributed by atoms with Gasteiger partial charge in [-0.3, -0.25) is 4.79 Å². The molecule has 1 fully saturated rings. The number of nitrogens with one attached hydrogen (secondary N) is 1. The normalized spacial score (nSPS) is 15.4. The zero-order chi connectivity index (χ0) is 19.9. The highest BCUT2D eigenvalue weighted by molar-refractivity contribution is 5.87. The highest BCUT2D eigenvalue weighted by Crippen LogP contribution is 2.33. The van der Waals surface area contributed by atoms with Crippen LogP contribution in [-0.2, 0) is 15.8 Å². The summed E-state index contributed by atoms with van der Waals surface area (Å²) in [6, 6.07) is 3.31. The molecule has 27 heavy (non-hydrogen) atoms. The van der Waals surface area contributed by atoms with Crippen LogP contribution in [0.15, 0.2) is 24.3 Å². The number of hydrogen-bond donors (Lipinski definition) is 2. The summed E-state index contributed by atoms with van der Waals surface area (Å²) < 4.78 is 40.2. The Morgan fingerprint density at radius 3 is 2.52 bits per heavy atom. The average Bonchev–Trinajstić information content (AvgIpc) is 3.39. The van der Waals surface area contributed by atoms with Crippen LogP contribution in [0.5, 0.6) is 0 Å². The molecule has 1 amide bonds. The summed E-state index contributed by atoms with van der Waals surface area (Å²) in [7, 11) is 0. The molecule has 0 aliphatic heterocycles. The summed E-state index contributed by atoms with van der Waals surface area (Å²) in [6.07, 6.45) is -3.06. The smallest absolute Gasteiger partial charge is 0.416 e. The van der Waals surface area contributed by atoms with Gasteiger partial charge >= 0.3 is 12.1 Å². The van der Waals surface area contributed by atoms with E-state index >= 15 is 0 Å². The lowest BCUT2D eigenvalue weighted by atomic mass is 10.0. The Morgan fingerprint density at radius 2 is 1.96 bits per heavy atom. The number of rotatable bonds is 5. The number of carboxylic acid groups (broad SMARTS) is 1. The number of carboxylic acids is 1. The fourth-order valence-electron chi connectivity index (χ4n) is 3.00. The van der Waals surface area contributed by atoms with Gasteiger partial charge in [0, 0.05) is 17.2 Å². The quantitative estimate of drug-likeness (QED) is 0.833. The third-order valence-electron chi connectivity index (χ3n) is 4.54. The number of nitrogens with zero attached hydrogens (tertiary/aromatic N) is 2. The highest BCUT2D eigenvalue weighted by atomic mass is 19.4. The Bertz CT molecular complexity index is 901. The molecule has 1 aliphatic carbocycles. The number of halogens is 3. The van der Waals surface area contributed by atoms with Crippen LogP contribution in [-0.4, -0.2) is 26.8 Å². The maximum atomic E-state index is 13.0. The Balaban J connectivity index is 2.01. The molecule has 1 unspecified atom stereocenters. The van der Waals surface area contributed by atoms with Crippen molar-refractivity contribution in [3.63, 3.8) is 0 Å². The number of benzene rings is 1. The van der Waals surface area contributed by atoms with Crippen molar-refractivity contribution >= 4 is 11.9 Å². The van der Waals surface area contributed by atoms with Crippen molar-refractivity contribution in [2.45, 2.75) is 38.9 Å². The molecule has 2 aromatic rings. The zero-order valence-corrected chi connectivity index (χ0v) is 14.7. The molecule has 0 radical (unpaired) electrons. The van der Waals surface area contributed by atoms with Gasteiger partial charge in [0.05, 0.1) is 16.9 Å². The number of carbonyl (C=O) groups is 2. The first-order valence-corrected chi connectivity index (χ1v) is 8.36. The number of aromatic nitrogens is 2. The molecule has 1 aliphatic rings. The highest BCUT2D eigenvalue weighted by Gasteiger charge is 2.35. The first kappa shape index (κ1) is 18.9. The maximum absolute atomic E-state index is 13.0. The molecule has 0 spiro atoms. The van der Waals surface area contributed by atoms with Gasteiger partial charge in [-0.2, -0.15) is 18.3 Å². The first-order chi connectivity index (χ1) is 12.6. The molecule has 3 rings (SSSR count). The Kier molecular flexibility index (Phi) is 4.71. The van der Waals surface area contributed by atoms with E-state index in [1.807, 2.05) is 0 Å². The van der Waals surface area contributed by atoms with E-state index in [0.29, 0.717) is 11.4 Å². The maximum Gasteiger partial charge on any atom is 0.416 e. The molecular weight excluding hydrogens is 363 g/mol. The van der Waals surface area contributed by atoms with Gasteiger partial charge < -0.3 is 10.4 Å². The van der Waals surface area contributed by atoms with Gasteiger partial charge in [-0.1, -0.05) is 6.07 Å². The van der Waals surface area contributed by atoms with Gasteiger partial charge in [-0.25, -0.2) is 9.48 Å². The molecular formula is C18H18F3N3O3. The molecule has 1 atom stereocenters. The lowest BCUT2D eigenvalue weighted by Crippen LogP contribution is -2.35. The van der Waals surface area contributed by atoms with E-state index in [0.717, 1.165) is 25.0 Å². The van der Waals surface area contributed by atoms with Gasteiger partial charge in [-0.05, 0) is 44.9 Å². The van der Waals surface area contributed by atoms with E-state index in [1.165, 1.54) is 16.8 Å². The summed E-state index contributed by atoms with van der Waals surface area (Å²) in [4.78, 5) is 23.7. The van der Waals surface area contributed by atoms with Crippen molar-refractivity contribution in [3.8, 4) is 5.69 Å². The Hall–Kier alpha value is -2.84. The molecule has 2 N–H and O–H groups in total. The molecule has 1 aromatic heterocycles. The molecule has 1 heterocycles. The van der Waals surface area contributed by atoms with Gasteiger partial charge in [0.25, 0.3) is 0 Å². The predicted octanol–water partition coefficient (Wildman–Crippen LogP) is 3.16. The van der Waals surface area contributed by atoms with Crippen molar-refractivity contribution < 1.29 is 27.9 Å². The van der Waals surface area contributed by atoms with Crippen molar-refractivity contribution in [2.24, 2.45) is 5.92 Å². The van der Waals surface area contributed by atoms with Crippen LogP contribution in [0.3, 0.4) is 0 Å². The van der Waals surface area contributed by atoms with Crippen LogP contribution in [0, 0.1) is 19.8 Å². The van der Waals surface area contributed by atoms with Crippen LogP contribution in [0.1, 0.15) is 41.4 Å². The molecule has 0 saturated heterocycles. The van der Waals surface area contributed by atoms with Crippen molar-refractivity contribution in [3.05, 3.63) is 46.8 Å². The lowest BCUT2D eigenvalue weighted by Gasteiger charge is -2.15. The van der Waals surface area contributed by atoms with Crippen LogP contribution >= 0.6 is 0 Å². The number of amides is 1. The van der Waals surface area contributed by atoms with Crippen molar-refractivity contribution in [1.82, 2.24) is 15.1 Å². The molecule has 144 valence electrons. The second-order valence-corrected chi connectivity index (χ2v) is 6.60. The topological polar surface area (TPSA) is 84.2 Å². The van der Waals surface area contributed by atoms with Gasteiger partial charge in [-0.15, -0.1) is 0 Å². The molecule has 1 saturated carbocycles. The molecule has 9 heteroatoms. The van der Waals surface area contributed by atoms with Gasteiger partial charge in [0.1, 0.15) is 0 Å². The second kappa shape index (κ2) is 6.71. The number of aryl methyl sites for hydroxylation is 1. The van der Waals surface area contributed by atoms with E-state index in [1.54, 1.807) is 13.8 Å². The Labute approximate surface area is 153 Å². The minimum atomic E-state index is -4.50. The van der Waals surface area contributed by atoms with Crippen LogP contribution < -0.4 is 5.32 Å². The lowest BCUT2D eigenvalue weighted by molar-refractivity contribution is -0.142. The Morgan fingerprint density at radius 1 is 1.30 bits per heavy atom. The standard InChI is InChI=1S/C18H18F3N3O3/c1-9-14(15(17(26)27)22-16(25)11-6-7-11)10(2)24(23-9)13-5-3-4-12(8-13)18(19,20)21/h3-5,8,11,15H,6-7H2,1-2H3,(H,22,25)(H,26,27). The van der Waals surface area contributed by atoms with E-state index in [4.69, 9.17) is 0 Å². The fraction of sp³-hybridized carbons (Fsp3) is 0.389. The average molecular weight is 381 g/mol. The van der Waals surface area contributed by atoms with E-state index in [-0.39, 0.29) is 23.1 Å². The minimum Gasteiger partial charge on any atom is -0.479 e. The largest absolute Gasteiger partial charge is 0.479 e. The number of hydrogen-bond acceptors (Lipinski definition) is 3. The summed E-state index contributed by atoms with van der Waals surface area (Å²) in [5, 5.41) is 16.3. The summed E-state index contributed by atoms with van der Waals surface area (Å²) >= 11 is 0. The SMILES string of the molecule is Cc1nn(-c2cccc(C(F)(F)F)c2)c(C)c1C(NC(=O)C1CC1)C(=O)O. The van der Waals surface area contributed by atoms with Crippen LogP contribution in [0.2, 0.25) is 0 Å². The van der Waals surface area contributed by atoms with Crippen LogP contribution in [0.4, 0.5) is 13.2 Å². The molecule has 1 aromatic carbocycles. The van der Waals surface area contributed by atoms with Crippen LogP contribution in [0.25, 0.3) is 5.69 Å². The van der Waals surface area contributed by atoms with Crippen molar-refractivity contribution in [1.29, 1.82) is 0 Å². The number of alkyl halides is 3. The van der Waals surface area contributed by atoms with Crippen molar-refractivity contribution in [2.75, 3.05) is 0 Å². The second-order valence-electron chi connectivity index (χ2n) is 6.60. The summed E-state index contributed by atoms with van der Waals surface area (Å²) in [6.45, 7) is 3.13. The van der Waals surface area contributed by atoms with E-state index in [9.17, 15) is 27.9 Å². The fourth-order valence-corrected chi connectivity index (χ4v) is 3.00. The predicted molar refractivity (Wildman–Crippen MR) is 89.3 cm³/mol. The van der Waals surface area contributed by atoms with Gasteiger partial charge in [0.15, 0.2) is 6.04 Å².